The van der Waals surface area contributed by atoms with Crippen LogP contribution >= 0.6 is 0 Å². The van der Waals surface area contributed by atoms with Gasteiger partial charge in [-0.3, -0.25) is 9.59 Å². The van der Waals surface area contributed by atoms with Gasteiger partial charge in [-0.05, 0) is 10.8 Å². The monoisotopic (exact) mass is 542 g/mol. The molecule has 0 radical (unpaired) electrons. The first kappa shape index (κ1) is 30.0. The lowest BCUT2D eigenvalue weighted by Gasteiger charge is -2.28. The van der Waals surface area contributed by atoms with Gasteiger partial charge in [0.1, 0.15) is 0 Å². The van der Waals surface area contributed by atoms with Crippen LogP contribution in [0.2, 0.25) is 0 Å². The minimum Gasteiger partial charge on any atom is -0.420 e. The second kappa shape index (κ2) is 11.4. The molecular weight excluding hydrogens is 520 g/mol. The highest BCUT2D eigenvalue weighted by molar-refractivity contribution is 5.73. The molecule has 13 heteroatoms. The van der Waals surface area contributed by atoms with Gasteiger partial charge in [-0.1, -0.05) is 27.7 Å². The van der Waals surface area contributed by atoms with Crippen molar-refractivity contribution in [3.05, 3.63) is 58.7 Å². The zero-order chi connectivity index (χ0) is 28.3. The maximum absolute atomic E-state index is 13.7. The van der Waals surface area contributed by atoms with Crippen LogP contribution in [0.3, 0.4) is 0 Å². The average molecular weight is 542 g/mol. The second-order valence-electron chi connectivity index (χ2n) is 9.72. The Kier molecular flexibility index (Phi) is 9.28. The van der Waals surface area contributed by atoms with Crippen LogP contribution in [-0.2, 0) is 14.3 Å². The predicted octanol–water partition coefficient (Wildman–Crippen LogP) is 6.16. The van der Waals surface area contributed by atoms with Crippen LogP contribution in [0.25, 0.3) is 0 Å². The van der Waals surface area contributed by atoms with Crippen LogP contribution in [0.15, 0.2) is 12.1 Å². The van der Waals surface area contributed by atoms with E-state index in [1.807, 2.05) is 0 Å². The van der Waals surface area contributed by atoms with E-state index in [4.69, 9.17) is 4.74 Å². The van der Waals surface area contributed by atoms with Crippen LogP contribution in [-0.4, -0.2) is 25.2 Å². The van der Waals surface area contributed by atoms with E-state index in [0.29, 0.717) is 0 Å². The van der Waals surface area contributed by atoms with Gasteiger partial charge in [-0.15, -0.1) is 0 Å². The molecule has 0 unspecified atom stereocenters. The van der Waals surface area contributed by atoms with Gasteiger partial charge in [0.15, 0.2) is 23.3 Å². The average Bonchev–Trinajstić information content (AvgIpc) is 2.75. The molecule has 37 heavy (non-hydrogen) atoms. The third-order valence-electron chi connectivity index (χ3n) is 4.81. The maximum Gasteiger partial charge on any atom is 0.312 e. The second-order valence-corrected chi connectivity index (χ2v) is 9.72. The van der Waals surface area contributed by atoms with Gasteiger partial charge >= 0.3 is 11.9 Å². The number of hydrogen-bond acceptors (Lipinski definition) is 5. The molecule has 5 nitrogen and oxygen atoms in total. The molecule has 0 bridgehead atoms. The number of carbonyl (C=O) groups is 2. The third kappa shape index (κ3) is 7.88. The normalized spacial score (nSPS) is 12.0. The Morgan fingerprint density at radius 3 is 1.14 bits per heavy atom. The molecule has 0 aliphatic carbocycles. The summed E-state index contributed by atoms with van der Waals surface area (Å²) in [4.78, 5) is 24.2. The summed E-state index contributed by atoms with van der Waals surface area (Å²) in [6, 6.07) is -0.0819. The van der Waals surface area contributed by atoms with Crippen molar-refractivity contribution in [2.45, 2.75) is 40.5 Å². The summed E-state index contributed by atoms with van der Waals surface area (Å²) in [5.74, 6) is -20.0. The Morgan fingerprint density at radius 2 is 0.865 bits per heavy atom. The highest BCUT2D eigenvalue weighted by Crippen LogP contribution is 2.31. The number of esters is 2. The number of halogens is 8. The number of benzene rings is 2. The van der Waals surface area contributed by atoms with Crippen molar-refractivity contribution in [1.82, 2.24) is 0 Å². The summed E-state index contributed by atoms with van der Waals surface area (Å²) in [6.07, 6.45) is -1.01. The first-order valence-corrected chi connectivity index (χ1v) is 10.6. The molecule has 2 rings (SSSR count). The molecule has 2 aromatic rings. The fraction of sp³-hybridized carbons (Fsp3) is 0.417. The molecule has 0 spiro atoms. The lowest BCUT2D eigenvalue weighted by atomic mass is 9.89. The molecule has 0 aliphatic heterocycles. The van der Waals surface area contributed by atoms with Gasteiger partial charge in [-0.2, -0.15) is 17.6 Å². The highest BCUT2D eigenvalue weighted by atomic mass is 19.2. The largest absolute Gasteiger partial charge is 0.420 e. The van der Waals surface area contributed by atoms with Gasteiger partial charge in [0.2, 0.25) is 34.8 Å². The van der Waals surface area contributed by atoms with Gasteiger partial charge < -0.3 is 14.2 Å². The number of ether oxygens (including phenoxy) is 3. The van der Waals surface area contributed by atoms with Crippen molar-refractivity contribution < 1.29 is 58.9 Å². The number of carbonyl (C=O) groups excluding carboxylic acids is 2. The summed E-state index contributed by atoms with van der Waals surface area (Å²) < 4.78 is 122. The molecule has 0 amide bonds. The van der Waals surface area contributed by atoms with E-state index in [9.17, 15) is 44.7 Å². The fourth-order valence-electron chi connectivity index (χ4n) is 3.07. The molecule has 0 saturated heterocycles. The number of rotatable bonds is 10. The Hall–Kier alpha value is -3.22. The molecule has 0 aromatic heterocycles. The predicted molar refractivity (Wildman–Crippen MR) is 111 cm³/mol. The van der Waals surface area contributed by atoms with E-state index in [1.165, 1.54) is 27.7 Å². The summed E-state index contributed by atoms with van der Waals surface area (Å²) in [5, 5.41) is 0. The van der Waals surface area contributed by atoms with E-state index >= 15 is 0 Å². The third-order valence-corrected chi connectivity index (χ3v) is 4.81. The number of hydrogen-bond donors (Lipinski definition) is 0. The summed E-state index contributed by atoms with van der Waals surface area (Å²) >= 11 is 0. The fourth-order valence-corrected chi connectivity index (χ4v) is 3.07. The van der Waals surface area contributed by atoms with Crippen molar-refractivity contribution in [2.24, 2.45) is 10.8 Å². The first-order chi connectivity index (χ1) is 16.9. The van der Waals surface area contributed by atoms with Gasteiger partial charge in [-0.25, -0.2) is 17.6 Å². The summed E-state index contributed by atoms with van der Waals surface area (Å²) in [7, 11) is 0. The van der Waals surface area contributed by atoms with Crippen LogP contribution < -0.4 is 9.47 Å². The van der Waals surface area contributed by atoms with Crippen LogP contribution in [0.4, 0.5) is 35.1 Å². The summed E-state index contributed by atoms with van der Waals surface area (Å²) in [6.45, 7) is 5.64. The van der Waals surface area contributed by atoms with E-state index < -0.39 is 93.6 Å². The first-order valence-electron chi connectivity index (χ1n) is 10.6. The zero-order valence-electron chi connectivity index (χ0n) is 20.0. The smallest absolute Gasteiger partial charge is 0.312 e. The van der Waals surface area contributed by atoms with E-state index in [-0.39, 0.29) is 25.3 Å². The molecule has 204 valence electrons. The molecule has 0 atom stereocenters. The van der Waals surface area contributed by atoms with E-state index in [2.05, 4.69) is 9.47 Å². The maximum atomic E-state index is 13.7. The van der Waals surface area contributed by atoms with Crippen molar-refractivity contribution >= 4 is 11.9 Å². The summed E-state index contributed by atoms with van der Waals surface area (Å²) in [5.41, 5.74) is -2.06. The van der Waals surface area contributed by atoms with Crippen LogP contribution in [0, 0.1) is 57.4 Å². The molecule has 0 fully saturated rings. The van der Waals surface area contributed by atoms with E-state index in [0.717, 1.165) is 0 Å². The zero-order valence-corrected chi connectivity index (χ0v) is 20.0. The van der Waals surface area contributed by atoms with Gasteiger partial charge in [0.25, 0.3) is 0 Å². The molecule has 0 saturated carbocycles. The quantitative estimate of drug-likeness (QED) is 0.156. The lowest BCUT2D eigenvalue weighted by Crippen LogP contribution is -2.30. The molecule has 0 aliphatic rings. The molecule has 0 heterocycles. The molecule has 2 aromatic carbocycles. The van der Waals surface area contributed by atoms with Crippen molar-refractivity contribution in [3.63, 3.8) is 0 Å². The van der Waals surface area contributed by atoms with Gasteiger partial charge in [0.05, 0.1) is 26.1 Å². The minimum absolute atomic E-state index is 0.0409. The molecular formula is C24H22F8O5. The lowest BCUT2D eigenvalue weighted by molar-refractivity contribution is -0.138. The van der Waals surface area contributed by atoms with Crippen molar-refractivity contribution in [3.8, 4) is 11.5 Å². The Bertz CT molecular complexity index is 1050. The SMILES string of the molecule is CC(C)(COCC(C)(C)CC(=O)Oc1c(F)c(F)cc(F)c1F)CC(=O)Oc1c(F)c(F)cc(F)c1F. The Morgan fingerprint density at radius 1 is 0.595 bits per heavy atom. The van der Waals surface area contributed by atoms with Crippen LogP contribution in [0.1, 0.15) is 40.5 Å². The Balaban J connectivity index is 1.92. The van der Waals surface area contributed by atoms with Crippen molar-refractivity contribution in [2.75, 3.05) is 13.2 Å². The van der Waals surface area contributed by atoms with Crippen LogP contribution in [0.5, 0.6) is 11.5 Å². The Labute approximate surface area is 206 Å². The van der Waals surface area contributed by atoms with Gasteiger partial charge in [0, 0.05) is 12.1 Å². The topological polar surface area (TPSA) is 61.8 Å². The standard InChI is InChI=1S/C24H22F8O5/c1-23(2,7-15(33)36-21-17(29)11(25)5-12(26)18(21)30)9-35-10-24(3,4)8-16(34)37-22-19(31)13(27)6-14(28)20(22)32/h5-6H,7-10H2,1-4H3. The van der Waals surface area contributed by atoms with E-state index in [1.54, 1.807) is 0 Å². The van der Waals surface area contributed by atoms with Crippen molar-refractivity contribution in [1.29, 1.82) is 0 Å². The molecule has 0 N–H and O–H groups in total. The minimum atomic E-state index is -1.88. The highest BCUT2D eigenvalue weighted by Gasteiger charge is 2.31.